The predicted molar refractivity (Wildman–Crippen MR) is 89.1 cm³/mol. The minimum atomic E-state index is -0.415. The first-order chi connectivity index (χ1) is 11.7. The molecule has 1 fully saturated rings. The van der Waals surface area contributed by atoms with Gasteiger partial charge in [0.2, 0.25) is 0 Å². The van der Waals surface area contributed by atoms with Crippen LogP contribution in [0.15, 0.2) is 36.5 Å². The molecule has 2 heterocycles. The van der Waals surface area contributed by atoms with E-state index in [2.05, 4.69) is 16.1 Å². The second-order valence-corrected chi connectivity index (χ2v) is 6.10. The zero-order valence-corrected chi connectivity index (χ0v) is 13.8. The molecule has 6 nitrogen and oxygen atoms in total. The standard InChI is InChI=1S/C17H17ClN4O2/c18-13-1-3-14(4-2-13)22-11-7-16(20-22)17(23)24-15-5-9-21(10-6-15)12-8-19/h1-4,7,11,15H,5-6,9-10,12H2. The molecule has 7 heteroatoms. The third-order valence-electron chi connectivity index (χ3n) is 3.99. The smallest absolute Gasteiger partial charge is 0.359 e. The molecule has 0 spiro atoms. The van der Waals surface area contributed by atoms with Gasteiger partial charge in [0.05, 0.1) is 18.3 Å². The summed E-state index contributed by atoms with van der Waals surface area (Å²) in [6.07, 6.45) is 3.08. The minimum absolute atomic E-state index is 0.117. The van der Waals surface area contributed by atoms with Crippen LogP contribution in [0.5, 0.6) is 0 Å². The molecule has 0 unspecified atom stereocenters. The summed E-state index contributed by atoms with van der Waals surface area (Å²) < 4.78 is 7.14. The molecule has 2 aromatic rings. The summed E-state index contributed by atoms with van der Waals surface area (Å²) in [6, 6.07) is 11.0. The molecule has 1 aliphatic rings. The number of nitrogens with zero attached hydrogens (tertiary/aromatic N) is 4. The highest BCUT2D eigenvalue weighted by Crippen LogP contribution is 2.16. The van der Waals surface area contributed by atoms with Gasteiger partial charge in [0.1, 0.15) is 6.10 Å². The highest BCUT2D eigenvalue weighted by Gasteiger charge is 2.23. The number of aromatic nitrogens is 2. The maximum absolute atomic E-state index is 12.2. The fourth-order valence-electron chi connectivity index (χ4n) is 2.67. The van der Waals surface area contributed by atoms with Crippen LogP contribution in [0.25, 0.3) is 5.69 Å². The summed E-state index contributed by atoms with van der Waals surface area (Å²) in [4.78, 5) is 14.3. The minimum Gasteiger partial charge on any atom is -0.458 e. The van der Waals surface area contributed by atoms with Gasteiger partial charge in [0, 0.05) is 24.3 Å². The number of carbonyl (C=O) groups is 1. The number of hydrogen-bond donors (Lipinski definition) is 0. The van der Waals surface area contributed by atoms with Crippen LogP contribution in [0, 0.1) is 11.3 Å². The van der Waals surface area contributed by atoms with E-state index in [1.807, 2.05) is 12.1 Å². The Morgan fingerprint density at radius 2 is 2.00 bits per heavy atom. The van der Waals surface area contributed by atoms with Crippen molar-refractivity contribution in [2.45, 2.75) is 18.9 Å². The Morgan fingerprint density at radius 1 is 1.29 bits per heavy atom. The predicted octanol–water partition coefficient (Wildman–Crippen LogP) is 2.67. The van der Waals surface area contributed by atoms with Crippen molar-refractivity contribution in [1.82, 2.24) is 14.7 Å². The SMILES string of the molecule is N#CCN1CCC(OC(=O)c2ccn(-c3ccc(Cl)cc3)n2)CC1. The van der Waals surface area contributed by atoms with Gasteiger partial charge < -0.3 is 4.74 Å². The molecule has 1 aromatic carbocycles. The molecule has 1 aliphatic heterocycles. The third kappa shape index (κ3) is 3.94. The van der Waals surface area contributed by atoms with Crippen LogP contribution in [-0.4, -0.2) is 46.4 Å². The molecule has 24 heavy (non-hydrogen) atoms. The molecule has 0 bridgehead atoms. The molecular weight excluding hydrogens is 328 g/mol. The summed E-state index contributed by atoms with van der Waals surface area (Å²) >= 11 is 5.87. The summed E-state index contributed by atoms with van der Waals surface area (Å²) in [5, 5.41) is 13.6. The van der Waals surface area contributed by atoms with Crippen LogP contribution in [-0.2, 0) is 4.74 Å². The number of hydrogen-bond acceptors (Lipinski definition) is 5. The molecule has 0 saturated carbocycles. The first-order valence-corrected chi connectivity index (χ1v) is 8.15. The first-order valence-electron chi connectivity index (χ1n) is 7.77. The fraction of sp³-hybridized carbons (Fsp3) is 0.353. The average Bonchev–Trinajstić information content (AvgIpc) is 3.08. The number of piperidine rings is 1. The van der Waals surface area contributed by atoms with Crippen molar-refractivity contribution < 1.29 is 9.53 Å². The number of ether oxygens (including phenoxy) is 1. The highest BCUT2D eigenvalue weighted by molar-refractivity contribution is 6.30. The third-order valence-corrected chi connectivity index (χ3v) is 4.24. The zero-order chi connectivity index (χ0) is 16.9. The van der Waals surface area contributed by atoms with Crippen LogP contribution in [0.4, 0.5) is 0 Å². The largest absolute Gasteiger partial charge is 0.458 e. The number of halogens is 1. The molecule has 0 N–H and O–H groups in total. The Bertz CT molecular complexity index is 743. The number of carbonyl (C=O) groups excluding carboxylic acids is 1. The summed E-state index contributed by atoms with van der Waals surface area (Å²) in [6.45, 7) is 1.96. The second-order valence-electron chi connectivity index (χ2n) is 5.66. The van der Waals surface area contributed by atoms with Crippen LogP contribution in [0.1, 0.15) is 23.3 Å². The van der Waals surface area contributed by atoms with Gasteiger partial charge in [-0.2, -0.15) is 10.4 Å². The van der Waals surface area contributed by atoms with Gasteiger partial charge in [-0.15, -0.1) is 0 Å². The van der Waals surface area contributed by atoms with E-state index in [9.17, 15) is 4.79 Å². The summed E-state index contributed by atoms with van der Waals surface area (Å²) in [5.74, 6) is -0.415. The number of nitriles is 1. The molecule has 0 amide bonds. The van der Waals surface area contributed by atoms with E-state index in [1.54, 1.807) is 29.1 Å². The average molecular weight is 345 g/mol. The normalized spacial score (nSPS) is 15.8. The van der Waals surface area contributed by atoms with Crippen LogP contribution in [0.3, 0.4) is 0 Å². The Labute approximate surface area is 145 Å². The monoisotopic (exact) mass is 344 g/mol. The van der Waals surface area contributed by atoms with E-state index in [1.165, 1.54) is 0 Å². The molecule has 1 aromatic heterocycles. The molecule has 0 atom stereocenters. The number of likely N-dealkylation sites (tertiary alicyclic amines) is 1. The van der Waals surface area contributed by atoms with Crippen LogP contribution < -0.4 is 0 Å². The molecule has 124 valence electrons. The van der Waals surface area contributed by atoms with Crippen LogP contribution in [0.2, 0.25) is 5.02 Å². The van der Waals surface area contributed by atoms with Crippen molar-refractivity contribution in [3.05, 3.63) is 47.2 Å². The van der Waals surface area contributed by atoms with E-state index in [-0.39, 0.29) is 11.8 Å². The molecule has 0 aliphatic carbocycles. The Kier molecular flexibility index (Phi) is 5.14. The van der Waals surface area contributed by atoms with Gasteiger partial charge in [-0.3, -0.25) is 4.90 Å². The second kappa shape index (κ2) is 7.47. The summed E-state index contributed by atoms with van der Waals surface area (Å²) in [7, 11) is 0. The number of benzene rings is 1. The van der Waals surface area contributed by atoms with Crippen molar-refractivity contribution in [3.63, 3.8) is 0 Å². The topological polar surface area (TPSA) is 71.2 Å². The lowest BCUT2D eigenvalue weighted by Crippen LogP contribution is -2.38. The van der Waals surface area contributed by atoms with Gasteiger partial charge in [0.25, 0.3) is 0 Å². The van der Waals surface area contributed by atoms with E-state index in [4.69, 9.17) is 21.6 Å². The van der Waals surface area contributed by atoms with Gasteiger partial charge in [0.15, 0.2) is 5.69 Å². The van der Waals surface area contributed by atoms with Crippen molar-refractivity contribution in [1.29, 1.82) is 5.26 Å². The van der Waals surface area contributed by atoms with E-state index >= 15 is 0 Å². The quantitative estimate of drug-likeness (QED) is 0.630. The first kappa shape index (κ1) is 16.5. The lowest BCUT2D eigenvalue weighted by atomic mass is 10.1. The molecule has 1 saturated heterocycles. The molecule has 3 rings (SSSR count). The van der Waals surface area contributed by atoms with Gasteiger partial charge in [-0.25, -0.2) is 9.48 Å². The van der Waals surface area contributed by atoms with Crippen molar-refractivity contribution >= 4 is 17.6 Å². The van der Waals surface area contributed by atoms with Crippen molar-refractivity contribution in [3.8, 4) is 11.8 Å². The molecule has 0 radical (unpaired) electrons. The Hall–Kier alpha value is -2.36. The summed E-state index contributed by atoms with van der Waals surface area (Å²) in [5.41, 5.74) is 1.10. The fourth-order valence-corrected chi connectivity index (χ4v) is 2.79. The van der Waals surface area contributed by atoms with E-state index in [0.717, 1.165) is 31.6 Å². The van der Waals surface area contributed by atoms with Gasteiger partial charge >= 0.3 is 5.97 Å². The zero-order valence-electron chi connectivity index (χ0n) is 13.1. The van der Waals surface area contributed by atoms with E-state index < -0.39 is 5.97 Å². The molecular formula is C17H17ClN4O2. The lowest BCUT2D eigenvalue weighted by molar-refractivity contribution is 0.0120. The van der Waals surface area contributed by atoms with Gasteiger partial charge in [-0.1, -0.05) is 11.6 Å². The number of esters is 1. The Morgan fingerprint density at radius 3 is 2.67 bits per heavy atom. The van der Waals surface area contributed by atoms with Crippen LogP contribution >= 0.6 is 11.6 Å². The maximum Gasteiger partial charge on any atom is 0.359 e. The van der Waals surface area contributed by atoms with Gasteiger partial charge in [-0.05, 0) is 43.2 Å². The number of rotatable bonds is 4. The highest BCUT2D eigenvalue weighted by atomic mass is 35.5. The Balaban J connectivity index is 1.58. The maximum atomic E-state index is 12.2. The van der Waals surface area contributed by atoms with Crippen molar-refractivity contribution in [2.24, 2.45) is 0 Å². The lowest BCUT2D eigenvalue weighted by Gasteiger charge is -2.29. The van der Waals surface area contributed by atoms with Crippen molar-refractivity contribution in [2.75, 3.05) is 19.6 Å². The van der Waals surface area contributed by atoms with E-state index in [0.29, 0.717) is 11.6 Å².